The smallest absolute Gasteiger partial charge is 0.0255 e. The molecule has 2 fully saturated rings. The summed E-state index contributed by atoms with van der Waals surface area (Å²) in [6, 6.07) is 23.4. The zero-order chi connectivity index (χ0) is 16.2. The first-order chi connectivity index (χ1) is 11.9. The summed E-state index contributed by atoms with van der Waals surface area (Å²) in [6.45, 7) is 4.74. The third-order valence-electron chi connectivity index (χ3n) is 5.73. The van der Waals surface area contributed by atoms with E-state index < -0.39 is 0 Å². The summed E-state index contributed by atoms with van der Waals surface area (Å²) in [5, 5.41) is 0. The van der Waals surface area contributed by atoms with E-state index in [1.165, 1.54) is 49.9 Å². The molecule has 2 saturated heterocycles. The van der Waals surface area contributed by atoms with E-state index in [9.17, 15) is 0 Å². The number of hydrogen-bond donors (Lipinski definition) is 0. The predicted molar refractivity (Wildman–Crippen MR) is 99.7 cm³/mol. The first-order valence-corrected chi connectivity index (χ1v) is 9.46. The molecule has 2 heterocycles. The zero-order valence-electron chi connectivity index (χ0n) is 14.5. The predicted octanol–water partition coefficient (Wildman–Crippen LogP) is 4.32. The zero-order valence-corrected chi connectivity index (χ0v) is 14.5. The lowest BCUT2D eigenvalue weighted by molar-refractivity contribution is -0.00199. The average molecular weight is 320 g/mol. The molecule has 2 aromatic rings. The van der Waals surface area contributed by atoms with Gasteiger partial charge in [0.15, 0.2) is 0 Å². The largest absolute Gasteiger partial charge is 0.295 e. The van der Waals surface area contributed by atoms with Crippen molar-refractivity contribution in [1.29, 1.82) is 0 Å². The maximum atomic E-state index is 2.75. The van der Waals surface area contributed by atoms with Crippen LogP contribution in [0.25, 0.3) is 0 Å². The van der Waals surface area contributed by atoms with Crippen molar-refractivity contribution in [2.24, 2.45) is 0 Å². The molecular weight excluding hydrogens is 292 g/mol. The molecule has 0 radical (unpaired) electrons. The van der Waals surface area contributed by atoms with Crippen LogP contribution in [-0.2, 0) is 13.1 Å². The summed E-state index contributed by atoms with van der Waals surface area (Å²) in [6.07, 6.45) is 5.39. The van der Waals surface area contributed by atoms with Gasteiger partial charge in [-0.15, -0.1) is 0 Å². The van der Waals surface area contributed by atoms with Gasteiger partial charge < -0.3 is 0 Å². The molecule has 0 unspecified atom stereocenters. The first-order valence-electron chi connectivity index (χ1n) is 9.46. The molecule has 0 aromatic heterocycles. The quantitative estimate of drug-likeness (QED) is 0.828. The fourth-order valence-corrected chi connectivity index (χ4v) is 4.60. The van der Waals surface area contributed by atoms with Gasteiger partial charge in [0.25, 0.3) is 0 Å². The Balaban J connectivity index is 1.47. The molecule has 0 saturated carbocycles. The number of fused-ring (bicyclic) bond motifs is 1. The average Bonchev–Trinajstić information content (AvgIpc) is 2.64. The van der Waals surface area contributed by atoms with Gasteiger partial charge in [0.05, 0.1) is 0 Å². The fraction of sp³-hybridized carbons (Fsp3) is 0.455. The summed E-state index contributed by atoms with van der Waals surface area (Å²) in [4.78, 5) is 5.50. The Bertz CT molecular complexity index is 567. The molecule has 0 bridgehead atoms. The molecule has 0 amide bonds. The Labute approximate surface area is 146 Å². The minimum atomic E-state index is 0.733. The number of likely N-dealkylation sites (tertiary alicyclic amines) is 2. The molecule has 2 nitrogen and oxygen atoms in total. The Morgan fingerprint density at radius 1 is 0.625 bits per heavy atom. The highest BCUT2D eigenvalue weighted by Crippen LogP contribution is 2.32. The molecule has 2 aliphatic heterocycles. The van der Waals surface area contributed by atoms with Gasteiger partial charge in [-0.05, 0) is 49.9 Å². The molecule has 0 N–H and O–H groups in total. The lowest BCUT2D eigenvalue weighted by atomic mass is 9.87. The van der Waals surface area contributed by atoms with Crippen LogP contribution in [-0.4, -0.2) is 35.0 Å². The molecule has 2 heteroatoms. The highest BCUT2D eigenvalue weighted by molar-refractivity contribution is 5.16. The Morgan fingerprint density at radius 2 is 1.04 bits per heavy atom. The van der Waals surface area contributed by atoms with Crippen LogP contribution < -0.4 is 0 Å². The van der Waals surface area contributed by atoms with E-state index in [0.717, 1.165) is 25.2 Å². The van der Waals surface area contributed by atoms with Crippen LogP contribution in [0, 0.1) is 0 Å². The van der Waals surface area contributed by atoms with Crippen molar-refractivity contribution in [1.82, 2.24) is 9.80 Å². The van der Waals surface area contributed by atoms with Gasteiger partial charge in [0.1, 0.15) is 0 Å². The second kappa shape index (κ2) is 7.50. The maximum absolute atomic E-state index is 2.75. The van der Waals surface area contributed by atoms with Crippen molar-refractivity contribution in [2.45, 2.75) is 50.9 Å². The molecule has 4 rings (SSSR count). The second-order valence-electron chi connectivity index (χ2n) is 7.33. The van der Waals surface area contributed by atoms with Crippen LogP contribution >= 0.6 is 0 Å². The molecule has 0 spiro atoms. The van der Waals surface area contributed by atoms with E-state index in [1.54, 1.807) is 0 Å². The standard InChI is InChI=1S/C22H28N2/c1-3-9-19(10-4-1)17-23-15-7-14-22-21(23)13-8-16-24(22)18-20-11-5-2-6-12-20/h1-6,9-12,21-22H,7-8,13-18H2/t21-,22-/m1/s1. The van der Waals surface area contributed by atoms with Crippen LogP contribution in [0.3, 0.4) is 0 Å². The number of hydrogen-bond acceptors (Lipinski definition) is 2. The normalized spacial score (nSPS) is 25.3. The summed E-state index contributed by atoms with van der Waals surface area (Å²) in [5.41, 5.74) is 2.91. The van der Waals surface area contributed by atoms with Crippen molar-refractivity contribution in [2.75, 3.05) is 13.1 Å². The number of piperidine rings is 2. The van der Waals surface area contributed by atoms with Gasteiger partial charge >= 0.3 is 0 Å². The van der Waals surface area contributed by atoms with Gasteiger partial charge in [-0.25, -0.2) is 0 Å². The van der Waals surface area contributed by atoms with E-state index in [-0.39, 0.29) is 0 Å². The molecule has 126 valence electrons. The van der Waals surface area contributed by atoms with Crippen LogP contribution in [0.2, 0.25) is 0 Å². The lowest BCUT2D eigenvalue weighted by Crippen LogP contribution is -2.57. The van der Waals surface area contributed by atoms with E-state index in [1.807, 2.05) is 0 Å². The van der Waals surface area contributed by atoms with Crippen LogP contribution in [0.1, 0.15) is 36.8 Å². The third kappa shape index (κ3) is 3.55. The highest BCUT2D eigenvalue weighted by atomic mass is 15.3. The van der Waals surface area contributed by atoms with Gasteiger partial charge in [-0.1, -0.05) is 60.7 Å². The topological polar surface area (TPSA) is 6.48 Å². The maximum Gasteiger partial charge on any atom is 0.0255 e. The van der Waals surface area contributed by atoms with Crippen molar-refractivity contribution in [3.8, 4) is 0 Å². The summed E-state index contributed by atoms with van der Waals surface area (Å²) in [5.74, 6) is 0. The SMILES string of the molecule is c1ccc(CN2CCC[C@@H]3[C@H]2CCCN3Cc2ccccc2)cc1. The van der Waals surface area contributed by atoms with Crippen molar-refractivity contribution in [3.63, 3.8) is 0 Å². The summed E-state index contributed by atoms with van der Waals surface area (Å²) < 4.78 is 0. The van der Waals surface area contributed by atoms with Gasteiger partial charge in [0.2, 0.25) is 0 Å². The molecular formula is C22H28N2. The molecule has 2 aliphatic rings. The number of nitrogens with zero attached hydrogens (tertiary/aromatic N) is 2. The van der Waals surface area contributed by atoms with Crippen LogP contribution in [0.5, 0.6) is 0 Å². The van der Waals surface area contributed by atoms with Crippen LogP contribution in [0.15, 0.2) is 60.7 Å². The minimum absolute atomic E-state index is 0.733. The van der Waals surface area contributed by atoms with E-state index >= 15 is 0 Å². The van der Waals surface area contributed by atoms with Crippen molar-refractivity contribution < 1.29 is 0 Å². The number of rotatable bonds is 4. The number of benzene rings is 2. The Morgan fingerprint density at radius 3 is 1.46 bits per heavy atom. The summed E-state index contributed by atoms with van der Waals surface area (Å²) in [7, 11) is 0. The van der Waals surface area contributed by atoms with Crippen molar-refractivity contribution >= 4 is 0 Å². The van der Waals surface area contributed by atoms with Crippen LogP contribution in [0.4, 0.5) is 0 Å². The van der Waals surface area contributed by atoms with E-state index in [4.69, 9.17) is 0 Å². The molecule has 2 atom stereocenters. The molecule has 0 aliphatic carbocycles. The lowest BCUT2D eigenvalue weighted by Gasteiger charge is -2.49. The van der Waals surface area contributed by atoms with Gasteiger partial charge in [-0.3, -0.25) is 9.80 Å². The monoisotopic (exact) mass is 320 g/mol. The first kappa shape index (κ1) is 15.9. The molecule has 2 aromatic carbocycles. The van der Waals surface area contributed by atoms with Gasteiger partial charge in [0, 0.05) is 25.2 Å². The van der Waals surface area contributed by atoms with E-state index in [2.05, 4.69) is 70.5 Å². The minimum Gasteiger partial charge on any atom is -0.295 e. The second-order valence-corrected chi connectivity index (χ2v) is 7.33. The van der Waals surface area contributed by atoms with Crippen molar-refractivity contribution in [3.05, 3.63) is 71.8 Å². The molecule has 24 heavy (non-hydrogen) atoms. The highest BCUT2D eigenvalue weighted by Gasteiger charge is 2.37. The van der Waals surface area contributed by atoms with E-state index in [0.29, 0.717) is 0 Å². The Kier molecular flexibility index (Phi) is 4.96. The summed E-state index contributed by atoms with van der Waals surface area (Å²) >= 11 is 0. The third-order valence-corrected chi connectivity index (χ3v) is 5.73. The Hall–Kier alpha value is -1.64. The van der Waals surface area contributed by atoms with Gasteiger partial charge in [-0.2, -0.15) is 0 Å². The fourth-order valence-electron chi connectivity index (χ4n) is 4.60.